The molecular formula is C14H25N3OS. The number of hydrogen-bond donors (Lipinski definition) is 2. The largest absolute Gasteiger partial charge is 0.313 e. The molecule has 0 saturated carbocycles. The molecule has 0 radical (unpaired) electrons. The lowest BCUT2D eigenvalue weighted by Gasteiger charge is -2.26. The molecule has 19 heavy (non-hydrogen) atoms. The predicted molar refractivity (Wildman–Crippen MR) is 81.8 cm³/mol. The van der Waals surface area contributed by atoms with Crippen LogP contribution < -0.4 is 10.9 Å². The summed E-state index contributed by atoms with van der Waals surface area (Å²) in [5, 5.41) is 4.78. The molecule has 0 aliphatic carbocycles. The molecule has 1 rings (SSSR count). The second-order valence-electron chi connectivity index (χ2n) is 4.65. The van der Waals surface area contributed by atoms with E-state index >= 15 is 0 Å². The van der Waals surface area contributed by atoms with E-state index in [0.717, 1.165) is 37.4 Å². The Balaban J connectivity index is 2.70. The first-order chi connectivity index (χ1) is 9.21. The van der Waals surface area contributed by atoms with Crippen LogP contribution in [0, 0.1) is 0 Å². The number of aromatic amines is 1. The molecule has 108 valence electrons. The third-order valence-corrected chi connectivity index (χ3v) is 4.41. The third-order valence-electron chi connectivity index (χ3n) is 3.02. The molecule has 0 spiro atoms. The first-order valence-corrected chi connectivity index (χ1v) is 8.04. The molecule has 0 saturated heterocycles. The Labute approximate surface area is 119 Å². The lowest BCUT2D eigenvalue weighted by atomic mass is 10.1. The van der Waals surface area contributed by atoms with Gasteiger partial charge >= 0.3 is 0 Å². The molecule has 4 nitrogen and oxygen atoms in total. The quantitative estimate of drug-likeness (QED) is 0.540. The van der Waals surface area contributed by atoms with Gasteiger partial charge in [-0.15, -0.1) is 0 Å². The van der Waals surface area contributed by atoms with Crippen LogP contribution in [-0.4, -0.2) is 27.8 Å². The van der Waals surface area contributed by atoms with Crippen molar-refractivity contribution in [3.8, 4) is 0 Å². The molecule has 2 atom stereocenters. The van der Waals surface area contributed by atoms with Crippen LogP contribution >= 0.6 is 11.8 Å². The predicted octanol–water partition coefficient (Wildman–Crippen LogP) is 2.81. The molecule has 1 aromatic heterocycles. The van der Waals surface area contributed by atoms with E-state index in [1.54, 1.807) is 18.0 Å². The maximum absolute atomic E-state index is 11.3. The molecule has 0 fully saturated rings. The first kappa shape index (κ1) is 16.2. The summed E-state index contributed by atoms with van der Waals surface area (Å²) >= 11 is 1.67. The number of nitrogens with one attached hydrogen (secondary N) is 2. The van der Waals surface area contributed by atoms with E-state index in [1.807, 2.05) is 0 Å². The SMILES string of the molecule is CCCNC(CCC)C(CC)Sc1nccc(=O)[nH]1. The van der Waals surface area contributed by atoms with E-state index in [0.29, 0.717) is 11.3 Å². The number of aromatic nitrogens is 2. The molecule has 1 heterocycles. The van der Waals surface area contributed by atoms with Crippen molar-refractivity contribution < 1.29 is 0 Å². The van der Waals surface area contributed by atoms with Gasteiger partial charge in [-0.2, -0.15) is 0 Å². The highest BCUT2D eigenvalue weighted by molar-refractivity contribution is 7.99. The van der Waals surface area contributed by atoms with Gasteiger partial charge in [0.25, 0.3) is 5.56 Å². The van der Waals surface area contributed by atoms with E-state index < -0.39 is 0 Å². The summed E-state index contributed by atoms with van der Waals surface area (Å²) in [4.78, 5) is 18.3. The van der Waals surface area contributed by atoms with Crippen LogP contribution in [0.2, 0.25) is 0 Å². The Kier molecular flexibility index (Phi) is 7.82. The van der Waals surface area contributed by atoms with Crippen LogP contribution in [0.15, 0.2) is 22.2 Å². The van der Waals surface area contributed by atoms with E-state index in [4.69, 9.17) is 0 Å². The molecule has 0 aliphatic heterocycles. The van der Waals surface area contributed by atoms with Gasteiger partial charge in [0.1, 0.15) is 0 Å². The Morgan fingerprint density at radius 1 is 1.37 bits per heavy atom. The number of thioether (sulfide) groups is 1. The maximum Gasteiger partial charge on any atom is 0.251 e. The van der Waals surface area contributed by atoms with Crippen LogP contribution in [0.4, 0.5) is 0 Å². The minimum atomic E-state index is -0.0825. The van der Waals surface area contributed by atoms with Crippen LogP contribution in [-0.2, 0) is 0 Å². The zero-order valence-corrected chi connectivity index (χ0v) is 12.9. The van der Waals surface area contributed by atoms with Crippen molar-refractivity contribution in [1.29, 1.82) is 0 Å². The van der Waals surface area contributed by atoms with Crippen molar-refractivity contribution in [2.75, 3.05) is 6.54 Å². The molecule has 0 aliphatic rings. The Morgan fingerprint density at radius 3 is 2.74 bits per heavy atom. The number of nitrogens with zero attached hydrogens (tertiary/aromatic N) is 1. The topological polar surface area (TPSA) is 57.8 Å². The minimum absolute atomic E-state index is 0.0825. The lowest BCUT2D eigenvalue weighted by molar-refractivity contribution is 0.454. The number of rotatable bonds is 9. The average Bonchev–Trinajstić information content (AvgIpc) is 2.41. The van der Waals surface area contributed by atoms with Crippen LogP contribution in [0.25, 0.3) is 0 Å². The van der Waals surface area contributed by atoms with Gasteiger partial charge in [-0.3, -0.25) is 4.79 Å². The molecule has 1 aromatic rings. The van der Waals surface area contributed by atoms with Crippen molar-refractivity contribution in [2.24, 2.45) is 0 Å². The van der Waals surface area contributed by atoms with Crippen molar-refractivity contribution in [1.82, 2.24) is 15.3 Å². The van der Waals surface area contributed by atoms with Crippen LogP contribution in [0.1, 0.15) is 46.5 Å². The Morgan fingerprint density at radius 2 is 2.16 bits per heavy atom. The van der Waals surface area contributed by atoms with Crippen LogP contribution in [0.3, 0.4) is 0 Å². The number of hydrogen-bond acceptors (Lipinski definition) is 4. The van der Waals surface area contributed by atoms with E-state index in [-0.39, 0.29) is 5.56 Å². The lowest BCUT2D eigenvalue weighted by Crippen LogP contribution is -2.38. The summed E-state index contributed by atoms with van der Waals surface area (Å²) in [6, 6.07) is 1.93. The minimum Gasteiger partial charge on any atom is -0.313 e. The molecule has 0 bridgehead atoms. The summed E-state index contributed by atoms with van der Waals surface area (Å²) < 4.78 is 0. The monoisotopic (exact) mass is 283 g/mol. The average molecular weight is 283 g/mol. The standard InChI is InChI=1S/C14H25N3OS/c1-4-7-11(15-9-5-2)12(6-3)19-14-16-10-8-13(18)17-14/h8,10-12,15H,4-7,9H2,1-3H3,(H,16,17,18). The fraction of sp³-hybridized carbons (Fsp3) is 0.714. The second kappa shape index (κ2) is 9.15. The highest BCUT2D eigenvalue weighted by Crippen LogP contribution is 2.25. The fourth-order valence-electron chi connectivity index (χ4n) is 2.07. The van der Waals surface area contributed by atoms with Gasteiger partial charge in [0, 0.05) is 23.6 Å². The molecule has 0 amide bonds. The Bertz CT molecular complexity index is 408. The molecule has 2 N–H and O–H groups in total. The number of H-pyrrole nitrogens is 1. The second-order valence-corrected chi connectivity index (χ2v) is 5.88. The van der Waals surface area contributed by atoms with Crippen LogP contribution in [0.5, 0.6) is 0 Å². The van der Waals surface area contributed by atoms with Crippen molar-refractivity contribution in [3.05, 3.63) is 22.6 Å². The van der Waals surface area contributed by atoms with Crippen molar-refractivity contribution in [3.63, 3.8) is 0 Å². The summed E-state index contributed by atoms with van der Waals surface area (Å²) in [6.07, 6.45) is 6.09. The zero-order valence-electron chi connectivity index (χ0n) is 12.1. The van der Waals surface area contributed by atoms with Gasteiger partial charge in [0.05, 0.1) is 0 Å². The normalized spacial score (nSPS) is 14.3. The van der Waals surface area contributed by atoms with Gasteiger partial charge in [-0.25, -0.2) is 4.98 Å². The summed E-state index contributed by atoms with van der Waals surface area (Å²) in [6.45, 7) is 7.62. The fourth-order valence-corrected chi connectivity index (χ4v) is 3.20. The van der Waals surface area contributed by atoms with Gasteiger partial charge in [0.2, 0.25) is 0 Å². The molecule has 0 aromatic carbocycles. The smallest absolute Gasteiger partial charge is 0.251 e. The van der Waals surface area contributed by atoms with E-state index in [2.05, 4.69) is 36.1 Å². The molecule has 2 unspecified atom stereocenters. The first-order valence-electron chi connectivity index (χ1n) is 7.16. The van der Waals surface area contributed by atoms with Gasteiger partial charge in [0.15, 0.2) is 5.16 Å². The maximum atomic E-state index is 11.3. The van der Waals surface area contributed by atoms with Gasteiger partial charge in [-0.1, -0.05) is 39.0 Å². The summed E-state index contributed by atoms with van der Waals surface area (Å²) in [7, 11) is 0. The molecular weight excluding hydrogens is 258 g/mol. The molecule has 5 heteroatoms. The van der Waals surface area contributed by atoms with E-state index in [1.165, 1.54) is 6.07 Å². The summed E-state index contributed by atoms with van der Waals surface area (Å²) in [5.41, 5.74) is -0.0825. The highest BCUT2D eigenvalue weighted by Gasteiger charge is 2.20. The summed E-state index contributed by atoms with van der Waals surface area (Å²) in [5.74, 6) is 0. The zero-order chi connectivity index (χ0) is 14.1. The van der Waals surface area contributed by atoms with Crippen molar-refractivity contribution in [2.45, 2.75) is 62.9 Å². The van der Waals surface area contributed by atoms with Gasteiger partial charge in [-0.05, 0) is 25.8 Å². The van der Waals surface area contributed by atoms with Crippen molar-refractivity contribution >= 4 is 11.8 Å². The van der Waals surface area contributed by atoms with E-state index in [9.17, 15) is 4.79 Å². The highest BCUT2D eigenvalue weighted by atomic mass is 32.2. The third kappa shape index (κ3) is 5.78. The Hall–Kier alpha value is -0.810. The van der Waals surface area contributed by atoms with Gasteiger partial charge < -0.3 is 10.3 Å².